The van der Waals surface area contributed by atoms with E-state index in [4.69, 9.17) is 15.2 Å². The van der Waals surface area contributed by atoms with Crippen LogP contribution in [0.25, 0.3) is 0 Å². The van der Waals surface area contributed by atoms with E-state index in [9.17, 15) is 4.79 Å². The predicted molar refractivity (Wildman–Crippen MR) is 66.4 cm³/mol. The van der Waals surface area contributed by atoms with E-state index in [1.54, 1.807) is 0 Å². The number of benzene rings is 1. The molecular weight excluding hydrogens is 232 g/mol. The molecule has 0 aliphatic carbocycles. The molecule has 0 radical (unpaired) electrons. The van der Waals surface area contributed by atoms with E-state index >= 15 is 0 Å². The summed E-state index contributed by atoms with van der Waals surface area (Å²) in [5.41, 5.74) is 7.95. The maximum Gasteiger partial charge on any atom is 0.262 e. The van der Waals surface area contributed by atoms with Gasteiger partial charge in [-0.2, -0.15) is 0 Å². The first-order valence-corrected chi connectivity index (χ1v) is 6.14. The topological polar surface area (TPSA) is 73.6 Å². The Morgan fingerprint density at radius 2 is 2.33 bits per heavy atom. The van der Waals surface area contributed by atoms with Crippen molar-refractivity contribution in [1.29, 1.82) is 0 Å². The summed E-state index contributed by atoms with van der Waals surface area (Å²) < 4.78 is 10.7. The van der Waals surface area contributed by atoms with Crippen LogP contribution in [0, 0.1) is 5.92 Å². The minimum absolute atomic E-state index is 0.0587. The highest BCUT2D eigenvalue weighted by Gasteiger charge is 2.25. The van der Waals surface area contributed by atoms with Crippen LogP contribution < -0.4 is 15.8 Å². The van der Waals surface area contributed by atoms with Crippen molar-refractivity contribution in [1.82, 2.24) is 0 Å². The Hall–Kier alpha value is -1.59. The molecule has 3 rings (SSSR count). The zero-order chi connectivity index (χ0) is 12.5. The summed E-state index contributed by atoms with van der Waals surface area (Å²) >= 11 is 0. The van der Waals surface area contributed by atoms with Crippen LogP contribution in [0.4, 0.5) is 5.69 Å². The van der Waals surface area contributed by atoms with Crippen molar-refractivity contribution in [3.63, 3.8) is 0 Å². The molecule has 1 aromatic rings. The molecule has 0 bridgehead atoms. The fraction of sp³-hybridized carbons (Fsp3) is 0.462. The number of fused-ring (bicyclic) bond motifs is 1. The number of nitrogens with one attached hydrogen (secondary N) is 1. The highest BCUT2D eigenvalue weighted by molar-refractivity contribution is 5.95. The van der Waals surface area contributed by atoms with Gasteiger partial charge in [0.2, 0.25) is 0 Å². The zero-order valence-corrected chi connectivity index (χ0v) is 10.0. The predicted octanol–water partition coefficient (Wildman–Crippen LogP) is 1.05. The molecule has 2 heterocycles. The van der Waals surface area contributed by atoms with Gasteiger partial charge in [0.25, 0.3) is 5.91 Å². The van der Waals surface area contributed by atoms with Crippen LogP contribution in [0.15, 0.2) is 18.2 Å². The van der Waals surface area contributed by atoms with Crippen molar-refractivity contribution in [3.05, 3.63) is 23.8 Å². The van der Waals surface area contributed by atoms with Gasteiger partial charge in [0, 0.05) is 18.6 Å². The summed E-state index contributed by atoms with van der Waals surface area (Å²) in [6.07, 6.45) is 0.987. The average Bonchev–Trinajstić information content (AvgIpc) is 2.90. The van der Waals surface area contributed by atoms with E-state index in [0.29, 0.717) is 24.0 Å². The molecule has 1 aromatic carbocycles. The van der Waals surface area contributed by atoms with Crippen molar-refractivity contribution in [2.75, 3.05) is 25.1 Å². The van der Waals surface area contributed by atoms with Crippen molar-refractivity contribution in [2.45, 2.75) is 12.5 Å². The number of rotatable bonds is 2. The highest BCUT2D eigenvalue weighted by Crippen LogP contribution is 2.33. The van der Waals surface area contributed by atoms with Gasteiger partial charge in [-0.1, -0.05) is 6.07 Å². The van der Waals surface area contributed by atoms with Gasteiger partial charge in [0.05, 0.1) is 12.3 Å². The lowest BCUT2D eigenvalue weighted by molar-refractivity contribution is -0.118. The molecule has 2 atom stereocenters. The maximum absolute atomic E-state index is 11.3. The Labute approximate surface area is 105 Å². The van der Waals surface area contributed by atoms with Crippen molar-refractivity contribution < 1.29 is 14.3 Å². The molecule has 2 unspecified atom stereocenters. The van der Waals surface area contributed by atoms with Crippen LogP contribution in [-0.4, -0.2) is 25.7 Å². The molecule has 5 nitrogen and oxygen atoms in total. The first-order chi connectivity index (χ1) is 8.74. The maximum atomic E-state index is 11.3. The van der Waals surface area contributed by atoms with Gasteiger partial charge in [-0.15, -0.1) is 0 Å². The minimum Gasteiger partial charge on any atom is -0.482 e. The largest absolute Gasteiger partial charge is 0.482 e. The third-order valence-corrected chi connectivity index (χ3v) is 3.49. The molecule has 1 amide bonds. The van der Waals surface area contributed by atoms with E-state index in [2.05, 4.69) is 5.32 Å². The summed E-state index contributed by atoms with van der Waals surface area (Å²) in [4.78, 5) is 11.3. The number of ether oxygens (including phenoxy) is 2. The van der Waals surface area contributed by atoms with Gasteiger partial charge in [0.15, 0.2) is 6.61 Å². The normalized spacial score (nSPS) is 24.1. The monoisotopic (exact) mass is 248 g/mol. The first kappa shape index (κ1) is 11.5. The number of hydrogen-bond acceptors (Lipinski definition) is 4. The van der Waals surface area contributed by atoms with Crippen molar-refractivity contribution in [3.8, 4) is 5.75 Å². The lowest BCUT2D eigenvalue weighted by Gasteiger charge is -2.22. The van der Waals surface area contributed by atoms with E-state index in [-0.39, 0.29) is 18.6 Å². The highest BCUT2D eigenvalue weighted by atomic mass is 16.5. The third-order valence-electron chi connectivity index (χ3n) is 3.49. The smallest absolute Gasteiger partial charge is 0.262 e. The quantitative estimate of drug-likeness (QED) is 0.820. The fourth-order valence-corrected chi connectivity index (χ4v) is 2.42. The lowest BCUT2D eigenvalue weighted by Crippen LogP contribution is -2.26. The van der Waals surface area contributed by atoms with Crippen LogP contribution >= 0.6 is 0 Å². The Bertz CT molecular complexity index is 469. The van der Waals surface area contributed by atoms with E-state index in [0.717, 1.165) is 18.6 Å². The number of carbonyl (C=O) groups excluding carboxylic acids is 1. The number of hydrogen-bond donors (Lipinski definition) is 2. The second-order valence-corrected chi connectivity index (χ2v) is 4.74. The molecule has 1 saturated heterocycles. The molecule has 2 aliphatic rings. The van der Waals surface area contributed by atoms with Crippen LogP contribution in [-0.2, 0) is 9.53 Å². The van der Waals surface area contributed by atoms with Crippen LogP contribution in [0.5, 0.6) is 5.75 Å². The molecule has 96 valence electrons. The molecule has 18 heavy (non-hydrogen) atoms. The summed E-state index contributed by atoms with van der Waals surface area (Å²) in [5.74, 6) is 0.925. The number of nitrogens with two attached hydrogens (primary N) is 1. The van der Waals surface area contributed by atoms with Crippen molar-refractivity contribution in [2.24, 2.45) is 11.7 Å². The standard InChI is InChI=1S/C13H16N2O3/c14-13(9-3-4-17-6-9)8-1-2-11-10(5-8)15-12(16)7-18-11/h1-2,5,9,13H,3-4,6-7,14H2,(H,15,16). The Morgan fingerprint density at radius 3 is 3.11 bits per heavy atom. The molecule has 0 saturated carbocycles. The number of carbonyl (C=O) groups is 1. The Kier molecular flexibility index (Phi) is 2.93. The molecule has 3 N–H and O–H groups in total. The number of anilines is 1. The Morgan fingerprint density at radius 1 is 1.44 bits per heavy atom. The van der Waals surface area contributed by atoms with Gasteiger partial charge in [-0.25, -0.2) is 0 Å². The average molecular weight is 248 g/mol. The van der Waals surface area contributed by atoms with Gasteiger partial charge in [0.1, 0.15) is 5.75 Å². The van der Waals surface area contributed by atoms with Crippen LogP contribution in [0.2, 0.25) is 0 Å². The zero-order valence-electron chi connectivity index (χ0n) is 10.0. The second-order valence-electron chi connectivity index (χ2n) is 4.74. The van der Waals surface area contributed by atoms with Crippen LogP contribution in [0.3, 0.4) is 0 Å². The third kappa shape index (κ3) is 2.07. The molecule has 1 fully saturated rings. The number of amides is 1. The van der Waals surface area contributed by atoms with Gasteiger partial charge >= 0.3 is 0 Å². The van der Waals surface area contributed by atoms with Gasteiger partial charge in [-0.05, 0) is 24.1 Å². The molecule has 0 aromatic heterocycles. The molecule has 2 aliphatic heterocycles. The summed E-state index contributed by atoms with van der Waals surface area (Å²) in [6, 6.07) is 5.66. The molecule has 0 spiro atoms. The fourth-order valence-electron chi connectivity index (χ4n) is 2.42. The SMILES string of the molecule is NC(c1ccc2c(c1)NC(=O)CO2)C1CCOC1. The summed E-state index contributed by atoms with van der Waals surface area (Å²) in [5, 5.41) is 2.79. The van der Waals surface area contributed by atoms with Gasteiger partial charge < -0.3 is 20.5 Å². The summed E-state index contributed by atoms with van der Waals surface area (Å²) in [7, 11) is 0. The van der Waals surface area contributed by atoms with Gasteiger partial charge in [-0.3, -0.25) is 4.79 Å². The summed E-state index contributed by atoms with van der Waals surface area (Å²) in [6.45, 7) is 1.57. The molecular formula is C13H16N2O3. The van der Waals surface area contributed by atoms with Crippen molar-refractivity contribution >= 4 is 11.6 Å². The van der Waals surface area contributed by atoms with E-state index in [1.165, 1.54) is 0 Å². The second kappa shape index (κ2) is 4.59. The Balaban J connectivity index is 1.84. The lowest BCUT2D eigenvalue weighted by atomic mass is 9.93. The first-order valence-electron chi connectivity index (χ1n) is 6.14. The van der Waals surface area contributed by atoms with Crippen LogP contribution in [0.1, 0.15) is 18.0 Å². The van der Waals surface area contributed by atoms with E-state index < -0.39 is 0 Å². The molecule has 5 heteroatoms. The van der Waals surface area contributed by atoms with E-state index in [1.807, 2.05) is 18.2 Å². The minimum atomic E-state index is -0.127.